The number of hydrogen-bond acceptors (Lipinski definition) is 9. The number of aromatic nitrogens is 2. The molecule has 0 bridgehead atoms. The first-order valence-electron chi connectivity index (χ1n) is 10.3. The summed E-state index contributed by atoms with van der Waals surface area (Å²) < 4.78 is 50.1. The molecule has 1 aliphatic rings. The number of carbonyl (C=O) groups excluding carboxylic acids is 2. The molecule has 1 saturated heterocycles. The van der Waals surface area contributed by atoms with E-state index in [2.05, 4.69) is 0 Å². The summed E-state index contributed by atoms with van der Waals surface area (Å²) in [7, 11) is -2.69. The van der Waals surface area contributed by atoms with Crippen molar-refractivity contribution in [2.24, 2.45) is 0 Å². The molecular formula is C21H23FN2O9P+. The Hall–Kier alpha value is -3.21. The van der Waals surface area contributed by atoms with Crippen LogP contribution in [0.15, 0.2) is 52.2 Å². The van der Waals surface area contributed by atoms with Gasteiger partial charge in [0.1, 0.15) is 18.5 Å². The van der Waals surface area contributed by atoms with Gasteiger partial charge in [0, 0.05) is 23.2 Å². The molecule has 0 spiro atoms. The quantitative estimate of drug-likeness (QED) is 0.386. The Morgan fingerprint density at radius 3 is 2.56 bits per heavy atom. The fraction of sp³-hybridized carbons (Fsp3) is 0.429. The number of nitrogens with zero attached hydrogens (tertiary/aromatic N) is 1. The van der Waals surface area contributed by atoms with Gasteiger partial charge in [0.2, 0.25) is 0 Å². The summed E-state index contributed by atoms with van der Waals surface area (Å²) in [5, 5.41) is 0. The number of H-pyrrole nitrogens is 1. The Balaban J connectivity index is 1.79. The third-order valence-electron chi connectivity index (χ3n) is 4.99. The normalized spacial score (nSPS) is 24.4. The van der Waals surface area contributed by atoms with Gasteiger partial charge in [-0.1, -0.05) is 18.2 Å². The van der Waals surface area contributed by atoms with Gasteiger partial charge in [-0.05, 0) is 26.0 Å². The largest absolute Gasteiger partial charge is 0.750 e. The zero-order chi connectivity index (χ0) is 24.9. The van der Waals surface area contributed by atoms with Crippen molar-refractivity contribution in [2.45, 2.75) is 50.8 Å². The Kier molecular flexibility index (Phi) is 8.08. The van der Waals surface area contributed by atoms with Crippen molar-refractivity contribution in [1.29, 1.82) is 0 Å². The summed E-state index contributed by atoms with van der Waals surface area (Å²) in [5.41, 5.74) is -4.10. The number of ketones is 1. The molecule has 13 heteroatoms. The number of nitrogens with one attached hydrogen (secondary N) is 1. The van der Waals surface area contributed by atoms with Crippen LogP contribution in [-0.4, -0.2) is 45.8 Å². The van der Waals surface area contributed by atoms with Gasteiger partial charge in [-0.3, -0.25) is 19.1 Å². The molecule has 0 radical (unpaired) electrons. The van der Waals surface area contributed by atoms with E-state index in [1.807, 2.05) is 4.98 Å². The second kappa shape index (κ2) is 10.8. The van der Waals surface area contributed by atoms with Crippen LogP contribution >= 0.6 is 8.25 Å². The Bertz CT molecular complexity index is 1160. The summed E-state index contributed by atoms with van der Waals surface area (Å²) in [4.78, 5) is 49.0. The first-order valence-corrected chi connectivity index (χ1v) is 11.4. The molecule has 3 rings (SSSR count). The van der Waals surface area contributed by atoms with E-state index in [0.29, 0.717) is 0 Å². The van der Waals surface area contributed by atoms with Crippen LogP contribution in [0, 0.1) is 0 Å². The average molecular weight is 497 g/mol. The number of benzene rings is 1. The standard InChI is InChI=1S/C21H22FN2O9P/c1-13(25)8-9-17(27)32-18-15(12-30-34(29)33-14-6-4-3-5-7-14)31-19(21(18,2)22)24-11-10-16(26)23-20(24)28/h3-7,10-11,15,18-19H,8-9,12H2,1-2H3/p+1/t15?,18-,19?,21-/m1/s1. The number of para-hydroxylation sites is 1. The second-order valence-electron chi connectivity index (χ2n) is 7.73. The van der Waals surface area contributed by atoms with Crippen LogP contribution in [-0.2, 0) is 28.2 Å². The zero-order valence-corrected chi connectivity index (χ0v) is 19.2. The number of halogens is 1. The van der Waals surface area contributed by atoms with Crippen LogP contribution < -0.4 is 15.8 Å². The maximum atomic E-state index is 15.9. The van der Waals surface area contributed by atoms with Crippen LogP contribution in [0.5, 0.6) is 5.75 Å². The molecule has 0 aliphatic carbocycles. The Labute approximate surface area is 193 Å². The second-order valence-corrected chi connectivity index (χ2v) is 8.62. The number of alkyl halides is 1. The van der Waals surface area contributed by atoms with Gasteiger partial charge in [-0.25, -0.2) is 13.7 Å². The highest BCUT2D eigenvalue weighted by Gasteiger charge is 2.59. The van der Waals surface area contributed by atoms with E-state index >= 15 is 4.39 Å². The van der Waals surface area contributed by atoms with Crippen molar-refractivity contribution in [3.63, 3.8) is 0 Å². The van der Waals surface area contributed by atoms with Gasteiger partial charge in [0.15, 0.2) is 23.8 Å². The predicted octanol–water partition coefficient (Wildman–Crippen LogP) is 2.20. The van der Waals surface area contributed by atoms with E-state index in [0.717, 1.165) is 23.8 Å². The van der Waals surface area contributed by atoms with Gasteiger partial charge in [-0.15, -0.1) is 4.52 Å². The molecule has 3 unspecified atom stereocenters. The van der Waals surface area contributed by atoms with E-state index in [9.17, 15) is 23.7 Å². The summed E-state index contributed by atoms with van der Waals surface area (Å²) in [5.74, 6) is -0.844. The summed E-state index contributed by atoms with van der Waals surface area (Å²) in [6, 6.07) is 9.17. The first-order chi connectivity index (χ1) is 16.1. The van der Waals surface area contributed by atoms with Crippen LogP contribution in [0.4, 0.5) is 4.39 Å². The van der Waals surface area contributed by atoms with Crippen LogP contribution in [0.3, 0.4) is 0 Å². The van der Waals surface area contributed by atoms with E-state index in [-0.39, 0.29) is 24.4 Å². The number of esters is 1. The molecule has 0 amide bonds. The lowest BCUT2D eigenvalue weighted by Crippen LogP contribution is -2.46. The summed E-state index contributed by atoms with van der Waals surface area (Å²) in [6.07, 6.45) is -3.83. The minimum Gasteiger partial charge on any atom is -0.456 e. The van der Waals surface area contributed by atoms with Crippen molar-refractivity contribution in [3.05, 3.63) is 63.4 Å². The van der Waals surface area contributed by atoms with Crippen LogP contribution in [0.2, 0.25) is 0 Å². The topological polar surface area (TPSA) is 143 Å². The minimum atomic E-state index is -2.69. The number of carbonyl (C=O) groups is 2. The zero-order valence-electron chi connectivity index (χ0n) is 18.3. The lowest BCUT2D eigenvalue weighted by atomic mass is 9.98. The SMILES string of the molecule is CC(=O)CCC(=O)O[C@@H]1C(CO[P+](=O)Oc2ccccc2)OC(n2ccc(=O)[nH]c2=O)[C@]1(C)F. The first kappa shape index (κ1) is 25.4. The lowest BCUT2D eigenvalue weighted by Gasteiger charge is -2.27. The van der Waals surface area contributed by atoms with Crippen molar-refractivity contribution in [2.75, 3.05) is 6.61 Å². The number of aromatic amines is 1. The van der Waals surface area contributed by atoms with E-state index in [1.54, 1.807) is 30.3 Å². The molecule has 1 fully saturated rings. The minimum absolute atomic E-state index is 0.101. The van der Waals surface area contributed by atoms with E-state index in [1.165, 1.54) is 6.92 Å². The molecule has 2 heterocycles. The van der Waals surface area contributed by atoms with Gasteiger partial charge in [0.25, 0.3) is 5.56 Å². The lowest BCUT2D eigenvalue weighted by molar-refractivity contribution is -0.158. The van der Waals surface area contributed by atoms with Crippen LogP contribution in [0.1, 0.15) is 32.9 Å². The van der Waals surface area contributed by atoms with E-state index in [4.69, 9.17) is 18.5 Å². The maximum Gasteiger partial charge on any atom is 0.750 e. The van der Waals surface area contributed by atoms with Gasteiger partial charge < -0.3 is 14.3 Å². The van der Waals surface area contributed by atoms with Crippen LogP contribution in [0.25, 0.3) is 0 Å². The highest BCUT2D eigenvalue weighted by atomic mass is 31.1. The van der Waals surface area contributed by atoms with Crippen molar-refractivity contribution < 1.29 is 37.1 Å². The molecule has 2 aromatic rings. The predicted molar refractivity (Wildman–Crippen MR) is 115 cm³/mol. The molecule has 1 aromatic heterocycles. The number of Topliss-reactive ketones (excluding diaryl/α,β-unsaturated/α-hetero) is 1. The fourth-order valence-electron chi connectivity index (χ4n) is 3.35. The summed E-state index contributed by atoms with van der Waals surface area (Å²) >= 11 is 0. The Morgan fingerprint density at radius 2 is 1.91 bits per heavy atom. The van der Waals surface area contributed by atoms with Crippen molar-refractivity contribution >= 4 is 20.0 Å². The third kappa shape index (κ3) is 6.22. The van der Waals surface area contributed by atoms with Crippen molar-refractivity contribution in [3.8, 4) is 5.75 Å². The van der Waals surface area contributed by atoms with Gasteiger partial charge in [0.05, 0.1) is 6.42 Å². The van der Waals surface area contributed by atoms with E-state index < -0.39 is 56.2 Å². The van der Waals surface area contributed by atoms with Crippen molar-refractivity contribution in [1.82, 2.24) is 9.55 Å². The van der Waals surface area contributed by atoms with Gasteiger partial charge in [-0.2, -0.15) is 0 Å². The smallest absolute Gasteiger partial charge is 0.456 e. The fourth-order valence-corrected chi connectivity index (χ4v) is 3.96. The maximum absolute atomic E-state index is 15.9. The molecule has 34 heavy (non-hydrogen) atoms. The average Bonchev–Trinajstić information content (AvgIpc) is 3.01. The molecule has 1 aliphatic heterocycles. The van der Waals surface area contributed by atoms with Gasteiger partial charge >= 0.3 is 19.9 Å². The molecule has 1 aromatic carbocycles. The number of rotatable bonds is 10. The number of hydrogen-bond donors (Lipinski definition) is 1. The molecule has 182 valence electrons. The summed E-state index contributed by atoms with van der Waals surface area (Å²) in [6.45, 7) is 1.84. The monoisotopic (exact) mass is 497 g/mol. The highest BCUT2D eigenvalue weighted by molar-refractivity contribution is 7.33. The number of ether oxygens (including phenoxy) is 2. The molecular weight excluding hydrogens is 474 g/mol. The third-order valence-corrected chi connectivity index (χ3v) is 5.71. The highest BCUT2D eigenvalue weighted by Crippen LogP contribution is 2.43. The Morgan fingerprint density at radius 1 is 1.21 bits per heavy atom. The molecule has 0 saturated carbocycles. The molecule has 11 nitrogen and oxygen atoms in total. The molecule has 1 N–H and O–H groups in total. The molecule has 5 atom stereocenters.